The van der Waals surface area contributed by atoms with Crippen molar-refractivity contribution in [1.29, 1.82) is 0 Å². The number of hydrogen-bond donors (Lipinski definition) is 0. The normalized spacial score (nSPS) is 10.8. The number of alkyl halides is 2. The molecule has 0 fully saturated rings. The molecule has 2 rings (SSSR count). The lowest BCUT2D eigenvalue weighted by molar-refractivity contribution is -0.00000501. The molecule has 0 saturated heterocycles. The van der Waals surface area contributed by atoms with E-state index in [4.69, 9.17) is 55.9 Å². The molecule has 2 aromatic carbocycles. The smallest absolute Gasteiger partial charge is 0.202 e. The van der Waals surface area contributed by atoms with Gasteiger partial charge in [0.05, 0.1) is 0 Å². The van der Waals surface area contributed by atoms with E-state index in [1.54, 1.807) is 24.3 Å². The SMILES string of the molecule is ClC[P+](CCl)(COc1ccc(Cl)cc1)COc1ccc(Cl)cc1.[Cl-]. The van der Waals surface area contributed by atoms with Gasteiger partial charge in [-0.15, -0.1) is 0 Å². The Morgan fingerprint density at radius 2 is 1.00 bits per heavy atom. The highest BCUT2D eigenvalue weighted by Crippen LogP contribution is 2.60. The topological polar surface area (TPSA) is 18.5 Å². The van der Waals surface area contributed by atoms with Crippen LogP contribution in [0, 0.1) is 0 Å². The molecule has 0 bridgehead atoms. The molecule has 132 valence electrons. The van der Waals surface area contributed by atoms with Crippen LogP contribution in [-0.4, -0.2) is 23.9 Å². The minimum Gasteiger partial charge on any atom is -1.00 e. The summed E-state index contributed by atoms with van der Waals surface area (Å²) in [6.07, 6.45) is 0.907. The highest BCUT2D eigenvalue weighted by molar-refractivity contribution is 7.78. The Bertz CT molecular complexity index is 551. The molecule has 24 heavy (non-hydrogen) atoms. The molecule has 0 unspecified atom stereocenters. The third-order valence-corrected chi connectivity index (χ3v) is 9.06. The first-order valence-corrected chi connectivity index (χ1v) is 11.2. The third-order valence-electron chi connectivity index (χ3n) is 3.14. The van der Waals surface area contributed by atoms with Crippen molar-refractivity contribution in [2.45, 2.75) is 0 Å². The Morgan fingerprint density at radius 1 is 0.667 bits per heavy atom. The summed E-state index contributed by atoms with van der Waals surface area (Å²) in [5, 5.41) is 1.33. The van der Waals surface area contributed by atoms with Crippen LogP contribution in [0.4, 0.5) is 0 Å². The third kappa shape index (κ3) is 6.67. The molecule has 0 amide bonds. The molecular weight excluding hydrogens is 432 g/mol. The fraction of sp³-hybridized carbons (Fsp3) is 0.250. The summed E-state index contributed by atoms with van der Waals surface area (Å²) in [6, 6.07) is 14.4. The molecule has 0 saturated carbocycles. The van der Waals surface area contributed by atoms with Crippen LogP contribution in [0.2, 0.25) is 10.0 Å². The lowest BCUT2D eigenvalue weighted by Crippen LogP contribution is -3.00. The Morgan fingerprint density at radius 3 is 1.29 bits per heavy atom. The van der Waals surface area contributed by atoms with Gasteiger partial charge in [0.15, 0.2) is 0 Å². The molecule has 2 nitrogen and oxygen atoms in total. The summed E-state index contributed by atoms with van der Waals surface area (Å²) in [6.45, 7) is 0. The van der Waals surface area contributed by atoms with Crippen molar-refractivity contribution in [3.8, 4) is 11.5 Å². The average Bonchev–Trinajstić information content (AvgIpc) is 2.59. The largest absolute Gasteiger partial charge is 1.00 e. The Kier molecular flexibility index (Phi) is 9.89. The van der Waals surface area contributed by atoms with Gasteiger partial charge in [0.2, 0.25) is 12.7 Å². The van der Waals surface area contributed by atoms with Crippen molar-refractivity contribution in [2.75, 3.05) is 23.9 Å². The van der Waals surface area contributed by atoms with Crippen LogP contribution in [-0.2, 0) is 0 Å². The van der Waals surface area contributed by atoms with Crippen LogP contribution in [0.15, 0.2) is 48.5 Å². The maximum atomic E-state index is 6.17. The zero-order valence-corrected chi connectivity index (χ0v) is 17.3. The number of rotatable bonds is 8. The van der Waals surface area contributed by atoms with Gasteiger partial charge in [-0.2, -0.15) is 0 Å². The van der Waals surface area contributed by atoms with E-state index >= 15 is 0 Å². The second kappa shape index (κ2) is 10.8. The quantitative estimate of drug-likeness (QED) is 0.452. The van der Waals surface area contributed by atoms with Gasteiger partial charge in [-0.05, 0) is 48.5 Å². The van der Waals surface area contributed by atoms with Crippen LogP contribution >= 0.6 is 53.7 Å². The van der Waals surface area contributed by atoms with E-state index in [1.165, 1.54) is 0 Å². The predicted molar refractivity (Wildman–Crippen MR) is 102 cm³/mol. The van der Waals surface area contributed by atoms with Crippen molar-refractivity contribution < 1.29 is 21.9 Å². The molecule has 8 heteroatoms. The van der Waals surface area contributed by atoms with Gasteiger partial charge in [-0.25, -0.2) is 0 Å². The monoisotopic (exact) mass is 446 g/mol. The zero-order chi connectivity index (χ0) is 16.7. The molecule has 0 heterocycles. The van der Waals surface area contributed by atoms with Gasteiger partial charge < -0.3 is 21.9 Å². The highest BCUT2D eigenvalue weighted by Gasteiger charge is 2.38. The molecule has 0 aliphatic carbocycles. The minimum absolute atomic E-state index is 0. The lowest BCUT2D eigenvalue weighted by Gasteiger charge is -2.22. The van der Waals surface area contributed by atoms with Crippen molar-refractivity contribution in [2.24, 2.45) is 0 Å². The maximum absolute atomic E-state index is 6.17. The van der Waals surface area contributed by atoms with Gasteiger partial charge in [0, 0.05) is 10.0 Å². The molecule has 0 aromatic heterocycles. The molecule has 0 atom stereocenters. The summed E-state index contributed by atoms with van der Waals surface area (Å²) in [5.74, 6) is 1.47. The fourth-order valence-electron chi connectivity index (χ4n) is 1.69. The number of benzene rings is 2. The molecule has 0 N–H and O–H groups in total. The highest BCUT2D eigenvalue weighted by atomic mass is 35.5. The van der Waals surface area contributed by atoms with Gasteiger partial charge in [0.1, 0.15) is 30.0 Å². The summed E-state index contributed by atoms with van der Waals surface area (Å²) in [4.78, 5) is 0. The van der Waals surface area contributed by atoms with E-state index in [-0.39, 0.29) is 12.4 Å². The summed E-state index contributed by atoms with van der Waals surface area (Å²) >= 11 is 24.1. The van der Waals surface area contributed by atoms with Gasteiger partial charge >= 0.3 is 0 Å². The predicted octanol–water partition coefficient (Wildman–Crippen LogP) is 3.78. The first kappa shape index (κ1) is 22.0. The number of halogens is 5. The van der Waals surface area contributed by atoms with Crippen molar-refractivity contribution in [3.05, 3.63) is 58.6 Å². The molecule has 0 spiro atoms. The Hall–Kier alpha value is -0.0800. The Labute approximate surface area is 169 Å². The minimum atomic E-state index is -1.79. The molecular formula is C16H16Cl5O2P. The number of ether oxygens (including phenoxy) is 2. The molecule has 0 aliphatic rings. The van der Waals surface area contributed by atoms with E-state index < -0.39 is 7.26 Å². The van der Waals surface area contributed by atoms with Crippen molar-refractivity contribution >= 4 is 53.7 Å². The van der Waals surface area contributed by atoms with Crippen LogP contribution in [0.1, 0.15) is 0 Å². The van der Waals surface area contributed by atoms with Gasteiger partial charge in [-0.3, -0.25) is 0 Å². The number of hydrogen-bond acceptors (Lipinski definition) is 2. The summed E-state index contributed by atoms with van der Waals surface area (Å²) in [7, 11) is -1.79. The molecule has 0 radical (unpaired) electrons. The Balaban J connectivity index is 0.00000288. The van der Waals surface area contributed by atoms with E-state index in [0.717, 1.165) is 11.5 Å². The van der Waals surface area contributed by atoms with E-state index in [9.17, 15) is 0 Å². The van der Waals surface area contributed by atoms with Crippen LogP contribution in [0.5, 0.6) is 11.5 Å². The van der Waals surface area contributed by atoms with E-state index in [2.05, 4.69) is 0 Å². The molecule has 0 aliphatic heterocycles. The van der Waals surface area contributed by atoms with Gasteiger partial charge in [0.25, 0.3) is 0 Å². The van der Waals surface area contributed by atoms with E-state index in [1.807, 2.05) is 24.3 Å². The average molecular weight is 449 g/mol. The van der Waals surface area contributed by atoms with Gasteiger partial charge in [-0.1, -0.05) is 46.4 Å². The van der Waals surface area contributed by atoms with Crippen molar-refractivity contribution in [3.63, 3.8) is 0 Å². The fourth-order valence-corrected chi connectivity index (χ4v) is 4.80. The maximum Gasteiger partial charge on any atom is 0.202 e. The first-order valence-electron chi connectivity index (χ1n) is 6.81. The molecule has 2 aromatic rings. The summed E-state index contributed by atoms with van der Waals surface area (Å²) < 4.78 is 11.7. The second-order valence-corrected chi connectivity index (χ2v) is 11.0. The standard InChI is InChI=1S/C16H16Cl4O2P.ClH/c17-9-23(10-18,11-21-15-5-1-13(19)2-6-15)12-22-16-7-3-14(20)4-8-16;/h1-8H,9-12H2;1H/q+1;/p-1. The lowest BCUT2D eigenvalue weighted by atomic mass is 10.3. The first-order chi connectivity index (χ1) is 11.1. The van der Waals surface area contributed by atoms with Crippen LogP contribution in [0.25, 0.3) is 0 Å². The summed E-state index contributed by atoms with van der Waals surface area (Å²) in [5.41, 5.74) is 0.857. The van der Waals surface area contributed by atoms with E-state index in [0.29, 0.717) is 34.0 Å². The second-order valence-electron chi connectivity index (χ2n) is 5.04. The van der Waals surface area contributed by atoms with Crippen molar-refractivity contribution in [1.82, 2.24) is 0 Å². The van der Waals surface area contributed by atoms with Crippen LogP contribution in [0.3, 0.4) is 0 Å². The van der Waals surface area contributed by atoms with Crippen LogP contribution < -0.4 is 21.9 Å². The zero-order valence-electron chi connectivity index (χ0n) is 12.6.